The molecule has 7 heteroatoms. The van der Waals surface area contributed by atoms with E-state index in [1.807, 2.05) is 0 Å². The molecule has 0 unspecified atom stereocenters. The molecule has 5 nitrogen and oxygen atoms in total. The highest BCUT2D eigenvalue weighted by atomic mass is 32.1. The Morgan fingerprint density at radius 2 is 2.28 bits per heavy atom. The van der Waals surface area contributed by atoms with Crippen molar-refractivity contribution in [3.8, 4) is 0 Å². The molecular formula is C11H15N3O2S2. The molecule has 1 aliphatic carbocycles. The van der Waals surface area contributed by atoms with Gasteiger partial charge in [0.25, 0.3) is 0 Å². The third-order valence-corrected chi connectivity index (χ3v) is 3.83. The van der Waals surface area contributed by atoms with E-state index in [1.54, 1.807) is 18.3 Å². The first kappa shape index (κ1) is 13.2. The molecule has 0 saturated carbocycles. The van der Waals surface area contributed by atoms with Crippen LogP contribution in [-0.2, 0) is 17.6 Å². The Hall–Kier alpha value is -1.21. The summed E-state index contributed by atoms with van der Waals surface area (Å²) >= 11 is 6.61. The van der Waals surface area contributed by atoms with Crippen LogP contribution in [-0.4, -0.2) is 22.8 Å². The van der Waals surface area contributed by atoms with Crippen LogP contribution in [0.5, 0.6) is 0 Å². The highest BCUT2D eigenvalue weighted by Gasteiger charge is 2.16. The van der Waals surface area contributed by atoms with E-state index in [1.165, 1.54) is 17.7 Å². The Morgan fingerprint density at radius 1 is 1.50 bits per heavy atom. The van der Waals surface area contributed by atoms with Gasteiger partial charge in [-0.05, 0) is 44.8 Å². The van der Waals surface area contributed by atoms with E-state index in [0.29, 0.717) is 6.61 Å². The number of ether oxygens (including phenoxy) is 1. The summed E-state index contributed by atoms with van der Waals surface area (Å²) in [5, 5.41) is 6.31. The van der Waals surface area contributed by atoms with Crippen LogP contribution in [0.1, 0.15) is 30.3 Å². The fourth-order valence-electron chi connectivity index (χ4n) is 1.79. The van der Waals surface area contributed by atoms with Crippen molar-refractivity contribution in [3.05, 3.63) is 10.6 Å². The maximum atomic E-state index is 11.2. The second kappa shape index (κ2) is 6.10. The van der Waals surface area contributed by atoms with Gasteiger partial charge < -0.3 is 10.1 Å². The highest BCUT2D eigenvalue weighted by molar-refractivity contribution is 7.80. The Morgan fingerprint density at radius 3 is 3.00 bits per heavy atom. The van der Waals surface area contributed by atoms with E-state index >= 15 is 0 Å². The smallest absolute Gasteiger partial charge is 0.413 e. The number of thiazole rings is 1. The Kier molecular flexibility index (Phi) is 4.48. The molecule has 2 rings (SSSR count). The molecule has 18 heavy (non-hydrogen) atoms. The third-order valence-electron chi connectivity index (χ3n) is 2.56. The van der Waals surface area contributed by atoms with Gasteiger partial charge in [0.1, 0.15) is 0 Å². The van der Waals surface area contributed by atoms with E-state index in [2.05, 4.69) is 15.6 Å². The number of anilines is 1. The van der Waals surface area contributed by atoms with Crippen molar-refractivity contribution < 1.29 is 9.53 Å². The van der Waals surface area contributed by atoms with Gasteiger partial charge in [0, 0.05) is 4.88 Å². The topological polar surface area (TPSA) is 63.2 Å². The summed E-state index contributed by atoms with van der Waals surface area (Å²) in [5.74, 6) is 0. The first-order chi connectivity index (χ1) is 8.69. The molecule has 1 amide bonds. The maximum Gasteiger partial charge on any atom is 0.413 e. The summed E-state index contributed by atoms with van der Waals surface area (Å²) in [6, 6.07) is 0. The number of carbonyl (C=O) groups is 1. The number of nitrogens with one attached hydrogen (secondary N) is 2. The van der Waals surface area contributed by atoms with Gasteiger partial charge in [-0.3, -0.25) is 5.32 Å². The number of carbonyl (C=O) groups excluding carboxylic acids is 1. The Labute approximate surface area is 115 Å². The molecule has 0 spiro atoms. The maximum absolute atomic E-state index is 11.2. The zero-order valence-electron chi connectivity index (χ0n) is 10.1. The van der Waals surface area contributed by atoms with Crippen LogP contribution in [0.25, 0.3) is 0 Å². The van der Waals surface area contributed by atoms with Gasteiger partial charge >= 0.3 is 6.09 Å². The first-order valence-corrected chi connectivity index (χ1v) is 7.15. The van der Waals surface area contributed by atoms with Gasteiger partial charge in [-0.1, -0.05) is 0 Å². The van der Waals surface area contributed by atoms with Crippen molar-refractivity contribution in [2.45, 2.75) is 32.6 Å². The van der Waals surface area contributed by atoms with E-state index in [0.717, 1.165) is 23.7 Å². The van der Waals surface area contributed by atoms with Crippen molar-refractivity contribution in [2.75, 3.05) is 11.9 Å². The van der Waals surface area contributed by atoms with Crippen LogP contribution >= 0.6 is 23.6 Å². The summed E-state index contributed by atoms with van der Waals surface area (Å²) in [5.41, 5.74) is 1.16. The van der Waals surface area contributed by atoms with Gasteiger partial charge in [-0.2, -0.15) is 0 Å². The van der Waals surface area contributed by atoms with Crippen LogP contribution in [0, 0.1) is 0 Å². The highest BCUT2D eigenvalue weighted by Crippen LogP contribution is 2.29. The second-order valence-electron chi connectivity index (χ2n) is 3.90. The molecule has 2 N–H and O–H groups in total. The van der Waals surface area contributed by atoms with Gasteiger partial charge in [-0.25, -0.2) is 9.78 Å². The second-order valence-corrected chi connectivity index (χ2v) is 5.39. The van der Waals surface area contributed by atoms with Crippen LogP contribution in [0.3, 0.4) is 0 Å². The lowest BCUT2D eigenvalue weighted by Crippen LogP contribution is -2.34. The lowest BCUT2D eigenvalue weighted by molar-refractivity contribution is 0.158. The molecule has 0 bridgehead atoms. The van der Waals surface area contributed by atoms with Crippen LogP contribution in [0.2, 0.25) is 0 Å². The Balaban J connectivity index is 1.91. The minimum absolute atomic E-state index is 0.222. The molecule has 1 aliphatic rings. The average molecular weight is 285 g/mol. The quantitative estimate of drug-likeness (QED) is 0.817. The van der Waals surface area contributed by atoms with Gasteiger partial charge in [-0.15, -0.1) is 11.3 Å². The summed E-state index contributed by atoms with van der Waals surface area (Å²) in [6.07, 6.45) is 4.00. The number of alkyl carbamates (subject to hydrolysis) is 1. The molecule has 0 atom stereocenters. The number of amides is 1. The van der Waals surface area contributed by atoms with E-state index in [4.69, 9.17) is 17.0 Å². The molecule has 0 saturated heterocycles. The van der Waals surface area contributed by atoms with E-state index in [-0.39, 0.29) is 5.11 Å². The van der Waals surface area contributed by atoms with Crippen molar-refractivity contribution in [3.63, 3.8) is 0 Å². The number of aromatic nitrogens is 1. The summed E-state index contributed by atoms with van der Waals surface area (Å²) in [4.78, 5) is 17.0. The summed E-state index contributed by atoms with van der Waals surface area (Å²) in [7, 11) is 0. The number of thiocarbonyl (C=S) groups is 1. The molecule has 0 radical (unpaired) electrons. The van der Waals surface area contributed by atoms with Crippen molar-refractivity contribution in [2.24, 2.45) is 0 Å². The van der Waals surface area contributed by atoms with Gasteiger partial charge in [0.05, 0.1) is 12.3 Å². The number of aryl methyl sites for hydroxylation is 2. The van der Waals surface area contributed by atoms with Crippen LogP contribution in [0.15, 0.2) is 0 Å². The minimum atomic E-state index is -0.545. The minimum Gasteiger partial charge on any atom is -0.450 e. The molecule has 98 valence electrons. The molecular weight excluding hydrogens is 270 g/mol. The predicted octanol–water partition coefficient (Wildman–Crippen LogP) is 2.46. The summed E-state index contributed by atoms with van der Waals surface area (Å²) < 4.78 is 4.74. The standard InChI is InChI=1S/C11H15N3O2S2/c1-2-16-11(15)14-9(17)13-10-12-7-5-3-4-6-8(7)18-10/h2-6H2,1H3,(H2,12,13,14,15,17). The normalized spacial score (nSPS) is 13.6. The number of hydrogen-bond acceptors (Lipinski definition) is 5. The number of rotatable bonds is 2. The molecule has 0 fully saturated rings. The molecule has 0 aromatic carbocycles. The monoisotopic (exact) mass is 285 g/mol. The largest absolute Gasteiger partial charge is 0.450 e. The molecule has 0 aliphatic heterocycles. The predicted molar refractivity (Wildman–Crippen MR) is 75.1 cm³/mol. The van der Waals surface area contributed by atoms with Crippen LogP contribution in [0.4, 0.5) is 9.93 Å². The molecule has 1 heterocycles. The van der Waals surface area contributed by atoms with Gasteiger partial charge in [0.2, 0.25) is 0 Å². The number of hydrogen-bond donors (Lipinski definition) is 2. The summed E-state index contributed by atoms with van der Waals surface area (Å²) in [6.45, 7) is 2.06. The average Bonchev–Trinajstić information content (AvgIpc) is 2.70. The lowest BCUT2D eigenvalue weighted by Gasteiger charge is -2.06. The fourth-order valence-corrected chi connectivity index (χ4v) is 3.09. The zero-order chi connectivity index (χ0) is 13.0. The molecule has 1 aromatic heterocycles. The third kappa shape index (κ3) is 3.39. The molecule has 1 aromatic rings. The number of nitrogens with zero attached hydrogens (tertiary/aromatic N) is 1. The van der Waals surface area contributed by atoms with Crippen molar-refractivity contribution >= 4 is 39.9 Å². The Bertz CT molecular complexity index is 436. The SMILES string of the molecule is CCOC(=O)NC(=S)Nc1nc2c(s1)CCCC2. The zero-order valence-corrected chi connectivity index (χ0v) is 11.7. The van der Waals surface area contributed by atoms with E-state index in [9.17, 15) is 4.79 Å². The van der Waals surface area contributed by atoms with Crippen molar-refractivity contribution in [1.29, 1.82) is 0 Å². The van der Waals surface area contributed by atoms with Gasteiger partial charge in [0.15, 0.2) is 10.2 Å². The van der Waals surface area contributed by atoms with E-state index < -0.39 is 6.09 Å². The van der Waals surface area contributed by atoms with Crippen molar-refractivity contribution in [1.82, 2.24) is 10.3 Å². The fraction of sp³-hybridized carbons (Fsp3) is 0.545. The lowest BCUT2D eigenvalue weighted by atomic mass is 10.0. The first-order valence-electron chi connectivity index (χ1n) is 5.92. The number of fused-ring (bicyclic) bond motifs is 1. The van der Waals surface area contributed by atoms with Crippen LogP contribution < -0.4 is 10.6 Å².